The first-order valence-electron chi connectivity index (χ1n) is 8.24. The van der Waals surface area contributed by atoms with Gasteiger partial charge in [0.15, 0.2) is 0 Å². The van der Waals surface area contributed by atoms with Gasteiger partial charge in [-0.15, -0.1) is 0 Å². The van der Waals surface area contributed by atoms with Crippen molar-refractivity contribution in [3.63, 3.8) is 0 Å². The van der Waals surface area contributed by atoms with Gasteiger partial charge in [0.2, 0.25) is 21.9 Å². The van der Waals surface area contributed by atoms with Crippen molar-refractivity contribution in [2.24, 2.45) is 0 Å². The van der Waals surface area contributed by atoms with Gasteiger partial charge in [0.25, 0.3) is 0 Å². The monoisotopic (exact) mass is 370 g/mol. The zero-order chi connectivity index (χ0) is 18.6. The molecule has 1 aliphatic heterocycles. The Kier molecular flexibility index (Phi) is 6.17. The van der Waals surface area contributed by atoms with E-state index in [9.17, 15) is 13.2 Å². The van der Waals surface area contributed by atoms with Crippen LogP contribution >= 0.6 is 0 Å². The van der Waals surface area contributed by atoms with Gasteiger partial charge in [-0.3, -0.25) is 4.79 Å². The third kappa shape index (κ3) is 5.27. The van der Waals surface area contributed by atoms with Crippen molar-refractivity contribution >= 4 is 27.7 Å². The van der Waals surface area contributed by atoms with Crippen LogP contribution in [0, 0.1) is 6.92 Å². The van der Waals surface area contributed by atoms with Crippen molar-refractivity contribution in [1.29, 1.82) is 0 Å². The number of hydrogen-bond acceptors (Lipinski definition) is 7. The molecule has 2 rings (SSSR count). The number of nitrogens with one attached hydrogen (secondary N) is 1. The minimum absolute atomic E-state index is 0.129. The van der Waals surface area contributed by atoms with E-state index in [1.54, 1.807) is 4.90 Å². The van der Waals surface area contributed by atoms with Crippen LogP contribution in [-0.4, -0.2) is 86.1 Å². The number of carbonyl (C=O) groups is 1. The molecule has 1 amide bonds. The lowest BCUT2D eigenvalue weighted by Crippen LogP contribution is -2.51. The molecule has 1 fully saturated rings. The molecule has 140 valence electrons. The number of carbonyl (C=O) groups excluding carboxylic acids is 1. The highest BCUT2D eigenvalue weighted by Crippen LogP contribution is 2.17. The van der Waals surface area contributed by atoms with Crippen LogP contribution < -0.4 is 10.2 Å². The summed E-state index contributed by atoms with van der Waals surface area (Å²) in [6.07, 6.45) is 1.09. The smallest absolute Gasteiger partial charge is 0.238 e. The van der Waals surface area contributed by atoms with Crippen LogP contribution in [0.5, 0.6) is 0 Å². The van der Waals surface area contributed by atoms with Crippen molar-refractivity contribution in [3.8, 4) is 0 Å². The van der Waals surface area contributed by atoms with Gasteiger partial charge in [0.1, 0.15) is 5.82 Å². The van der Waals surface area contributed by atoms with Gasteiger partial charge in [-0.1, -0.05) is 0 Å². The number of piperazine rings is 1. The average Bonchev–Trinajstić information content (AvgIpc) is 2.54. The highest BCUT2D eigenvalue weighted by Gasteiger charge is 2.25. The van der Waals surface area contributed by atoms with E-state index in [4.69, 9.17) is 0 Å². The molecule has 10 heteroatoms. The van der Waals surface area contributed by atoms with Crippen molar-refractivity contribution in [2.75, 3.05) is 62.8 Å². The second kappa shape index (κ2) is 7.96. The molecule has 0 saturated carbocycles. The summed E-state index contributed by atoms with van der Waals surface area (Å²) in [5.74, 6) is 1.26. The lowest BCUT2D eigenvalue weighted by Gasteiger charge is -2.36. The van der Waals surface area contributed by atoms with Gasteiger partial charge < -0.3 is 15.1 Å². The van der Waals surface area contributed by atoms with Crippen LogP contribution in [0.3, 0.4) is 0 Å². The average molecular weight is 370 g/mol. The maximum atomic E-state index is 12.3. The third-order valence-corrected chi connectivity index (χ3v) is 5.32. The number of anilines is 2. The lowest BCUT2D eigenvalue weighted by atomic mass is 10.3. The lowest BCUT2D eigenvalue weighted by molar-refractivity contribution is -0.131. The van der Waals surface area contributed by atoms with Crippen LogP contribution in [0.4, 0.5) is 11.8 Å². The maximum absolute atomic E-state index is 12.3. The van der Waals surface area contributed by atoms with Gasteiger partial charge in [-0.2, -0.15) is 9.29 Å². The molecule has 0 aliphatic carbocycles. The second-order valence-electron chi connectivity index (χ2n) is 6.11. The number of likely N-dealkylation sites (N-methyl/N-ethyl adjacent to an activating group) is 1. The zero-order valence-corrected chi connectivity index (χ0v) is 16.0. The first kappa shape index (κ1) is 19.4. The first-order chi connectivity index (χ1) is 11.7. The summed E-state index contributed by atoms with van der Waals surface area (Å²) in [6.45, 7) is 6.91. The Balaban J connectivity index is 1.96. The van der Waals surface area contributed by atoms with Crippen LogP contribution in [-0.2, 0) is 14.8 Å². The summed E-state index contributed by atoms with van der Waals surface area (Å²) >= 11 is 0. The number of rotatable bonds is 6. The highest BCUT2D eigenvalue weighted by molar-refractivity contribution is 7.88. The molecule has 1 aromatic rings. The van der Waals surface area contributed by atoms with Crippen molar-refractivity contribution in [3.05, 3.63) is 11.8 Å². The summed E-state index contributed by atoms with van der Waals surface area (Å²) in [7, 11) is -1.94. The molecule has 25 heavy (non-hydrogen) atoms. The molecular formula is C15H26N6O3S. The van der Waals surface area contributed by atoms with E-state index in [1.807, 2.05) is 19.9 Å². The third-order valence-electron chi connectivity index (χ3n) is 4.06. The molecular weight excluding hydrogens is 344 g/mol. The molecule has 0 atom stereocenters. The van der Waals surface area contributed by atoms with E-state index in [1.165, 1.54) is 7.05 Å². The van der Waals surface area contributed by atoms with Gasteiger partial charge in [0.05, 0.1) is 12.8 Å². The van der Waals surface area contributed by atoms with Crippen LogP contribution in [0.15, 0.2) is 6.07 Å². The molecule has 0 radical (unpaired) electrons. The minimum Gasteiger partial charge on any atom is -0.354 e. The SMILES string of the molecule is CCNc1nc(C)cc(N2CCN(C(=O)CN(C)S(C)(=O)=O)CC2)n1. The summed E-state index contributed by atoms with van der Waals surface area (Å²) in [6, 6.07) is 1.93. The number of sulfonamides is 1. The number of nitrogens with zero attached hydrogens (tertiary/aromatic N) is 5. The highest BCUT2D eigenvalue weighted by atomic mass is 32.2. The first-order valence-corrected chi connectivity index (χ1v) is 10.1. The number of hydrogen-bond donors (Lipinski definition) is 1. The Morgan fingerprint density at radius 3 is 2.48 bits per heavy atom. The van der Waals surface area contributed by atoms with E-state index in [0.717, 1.165) is 28.6 Å². The zero-order valence-electron chi connectivity index (χ0n) is 15.2. The van der Waals surface area contributed by atoms with E-state index in [0.29, 0.717) is 32.1 Å². The predicted molar refractivity (Wildman–Crippen MR) is 97.2 cm³/mol. The summed E-state index contributed by atoms with van der Waals surface area (Å²) in [5.41, 5.74) is 0.884. The molecule has 0 bridgehead atoms. The standard InChI is InChI=1S/C15H26N6O3S/c1-5-16-15-17-12(2)10-13(18-15)20-6-8-21(9-7-20)14(22)11-19(3)25(4,23)24/h10H,5-9,11H2,1-4H3,(H,16,17,18). The Morgan fingerprint density at radius 1 is 1.28 bits per heavy atom. The van der Waals surface area contributed by atoms with Gasteiger partial charge in [-0.05, 0) is 13.8 Å². The van der Waals surface area contributed by atoms with E-state index in [2.05, 4.69) is 20.2 Å². The second-order valence-corrected chi connectivity index (χ2v) is 8.20. The van der Waals surface area contributed by atoms with Gasteiger partial charge in [0, 0.05) is 51.5 Å². The Hall–Kier alpha value is -1.94. The quantitative estimate of drug-likeness (QED) is 0.738. The molecule has 2 heterocycles. The van der Waals surface area contributed by atoms with E-state index < -0.39 is 10.0 Å². The molecule has 1 saturated heterocycles. The van der Waals surface area contributed by atoms with Crippen LogP contribution in [0.25, 0.3) is 0 Å². The fourth-order valence-electron chi connectivity index (χ4n) is 2.54. The molecule has 0 spiro atoms. The minimum atomic E-state index is -3.35. The maximum Gasteiger partial charge on any atom is 0.238 e. The number of aromatic nitrogens is 2. The molecule has 9 nitrogen and oxygen atoms in total. The van der Waals surface area contributed by atoms with Crippen LogP contribution in [0.2, 0.25) is 0 Å². The summed E-state index contributed by atoms with van der Waals surface area (Å²) in [4.78, 5) is 24.9. The Morgan fingerprint density at radius 2 is 1.92 bits per heavy atom. The molecule has 0 aromatic carbocycles. The Labute approximate surface area is 149 Å². The van der Waals surface area contributed by atoms with Crippen molar-refractivity contribution < 1.29 is 13.2 Å². The van der Waals surface area contributed by atoms with Gasteiger partial charge >= 0.3 is 0 Å². The van der Waals surface area contributed by atoms with Crippen molar-refractivity contribution in [2.45, 2.75) is 13.8 Å². The predicted octanol–water partition coefficient (Wildman–Crippen LogP) is -0.243. The van der Waals surface area contributed by atoms with E-state index >= 15 is 0 Å². The van der Waals surface area contributed by atoms with Crippen LogP contribution in [0.1, 0.15) is 12.6 Å². The fourth-order valence-corrected chi connectivity index (χ4v) is 2.89. The summed E-state index contributed by atoms with van der Waals surface area (Å²) in [5, 5.41) is 3.11. The number of amides is 1. The molecule has 1 aromatic heterocycles. The van der Waals surface area contributed by atoms with Gasteiger partial charge in [-0.25, -0.2) is 13.4 Å². The molecule has 1 aliphatic rings. The van der Waals surface area contributed by atoms with E-state index in [-0.39, 0.29) is 12.5 Å². The van der Waals surface area contributed by atoms with Crippen molar-refractivity contribution in [1.82, 2.24) is 19.2 Å². The molecule has 0 unspecified atom stereocenters. The number of aryl methyl sites for hydroxylation is 1. The Bertz CT molecular complexity index is 716. The topological polar surface area (TPSA) is 98.7 Å². The fraction of sp³-hybridized carbons (Fsp3) is 0.667. The molecule has 1 N–H and O–H groups in total. The summed E-state index contributed by atoms with van der Waals surface area (Å²) < 4.78 is 23.9. The normalized spacial score (nSPS) is 15.6. The largest absolute Gasteiger partial charge is 0.354 e.